The van der Waals surface area contributed by atoms with E-state index >= 15 is 0 Å². The van der Waals surface area contributed by atoms with E-state index in [0.29, 0.717) is 0 Å². The molecule has 0 radical (unpaired) electrons. The summed E-state index contributed by atoms with van der Waals surface area (Å²) in [6, 6.07) is 0. The first-order chi connectivity index (χ1) is 3.42. The summed E-state index contributed by atoms with van der Waals surface area (Å²) in [5.41, 5.74) is 0. The van der Waals surface area contributed by atoms with Crippen LogP contribution in [0.2, 0.25) is 0 Å². The molecule has 0 heterocycles. The maximum atomic E-state index is 9.70. The summed E-state index contributed by atoms with van der Waals surface area (Å²) in [5.74, 6) is 0. The lowest BCUT2D eigenvalue weighted by Crippen LogP contribution is -2.08. The van der Waals surface area contributed by atoms with E-state index in [1.807, 2.05) is 0 Å². The molecular formula is CBr3O3S-. The van der Waals surface area contributed by atoms with Crippen molar-refractivity contribution in [3.63, 3.8) is 0 Å². The number of alkyl halides is 3. The van der Waals surface area contributed by atoms with Gasteiger partial charge < -0.3 is 4.55 Å². The first kappa shape index (κ1) is 9.51. The zero-order valence-electron chi connectivity index (χ0n) is 3.27. The lowest BCUT2D eigenvalue weighted by atomic mass is 11.7. The molecule has 0 aliphatic rings. The van der Waals surface area contributed by atoms with Gasteiger partial charge in [-0.1, -0.05) is 0 Å². The van der Waals surface area contributed by atoms with Gasteiger partial charge in [-0.05, 0) is 47.8 Å². The van der Waals surface area contributed by atoms with Gasteiger partial charge in [0.25, 0.3) is 0 Å². The molecule has 50 valence electrons. The second-order valence-corrected chi connectivity index (χ2v) is 7.85. The molecule has 0 aromatic heterocycles. The van der Waals surface area contributed by atoms with Crippen LogP contribution in [0.15, 0.2) is 0 Å². The van der Waals surface area contributed by atoms with Crippen LogP contribution in [0, 0.1) is 0 Å². The van der Waals surface area contributed by atoms with E-state index in [0.717, 1.165) is 0 Å². The van der Waals surface area contributed by atoms with Crippen molar-refractivity contribution >= 4 is 59.2 Å². The van der Waals surface area contributed by atoms with Crippen molar-refractivity contribution in [2.24, 2.45) is 0 Å². The Kier molecular flexibility index (Phi) is 4.31. The molecule has 0 aromatic carbocycles. The first-order valence-corrected chi connectivity index (χ1v) is 4.65. The highest BCUT2D eigenvalue weighted by Crippen LogP contribution is 2.34. The van der Waals surface area contributed by atoms with Crippen LogP contribution in [0.25, 0.3) is 0 Å². The summed E-state index contributed by atoms with van der Waals surface area (Å²) in [5, 5.41) is 0. The van der Waals surface area contributed by atoms with Gasteiger partial charge in [-0.3, -0.25) is 4.18 Å². The van der Waals surface area contributed by atoms with Crippen LogP contribution in [0.1, 0.15) is 0 Å². The molecule has 0 fully saturated rings. The number of halogens is 3. The van der Waals surface area contributed by atoms with Crippen molar-refractivity contribution < 1.29 is 12.9 Å². The largest absolute Gasteiger partial charge is 0.750 e. The minimum Gasteiger partial charge on any atom is -0.750 e. The molecular weight excluding hydrogens is 332 g/mol. The minimum atomic E-state index is -2.53. The average Bonchev–Trinajstić information content (AvgIpc) is 1.21. The zero-order valence-corrected chi connectivity index (χ0v) is 8.84. The summed E-state index contributed by atoms with van der Waals surface area (Å²) in [4.78, 5) is 0. The van der Waals surface area contributed by atoms with E-state index in [9.17, 15) is 8.76 Å². The van der Waals surface area contributed by atoms with Crippen LogP contribution >= 0.6 is 47.8 Å². The summed E-state index contributed by atoms with van der Waals surface area (Å²) >= 11 is 5.87. The van der Waals surface area contributed by atoms with Crippen molar-refractivity contribution in [3.05, 3.63) is 0 Å². The maximum absolute atomic E-state index is 9.70. The predicted octanol–water partition coefficient (Wildman–Crippen LogP) is 1.59. The van der Waals surface area contributed by atoms with Crippen molar-refractivity contribution in [1.29, 1.82) is 0 Å². The van der Waals surface area contributed by atoms with Gasteiger partial charge in [0.1, 0.15) is 0 Å². The Morgan fingerprint density at radius 3 is 1.88 bits per heavy atom. The second kappa shape index (κ2) is 3.62. The van der Waals surface area contributed by atoms with Crippen molar-refractivity contribution in [1.82, 2.24) is 0 Å². The van der Waals surface area contributed by atoms with Gasteiger partial charge in [0.2, 0.25) is 2.33 Å². The third kappa shape index (κ3) is 7.51. The summed E-state index contributed by atoms with van der Waals surface area (Å²) in [6.07, 6.45) is 0. The minimum absolute atomic E-state index is 1.15. The molecule has 0 saturated heterocycles. The van der Waals surface area contributed by atoms with E-state index in [-0.39, 0.29) is 0 Å². The Bertz CT molecular complexity index is 97.2. The van der Waals surface area contributed by atoms with E-state index in [1.54, 1.807) is 0 Å². The van der Waals surface area contributed by atoms with Gasteiger partial charge in [0, 0.05) is 0 Å². The molecule has 0 amide bonds. The highest BCUT2D eigenvalue weighted by molar-refractivity contribution is 9.39. The molecule has 0 bridgehead atoms. The molecule has 1 atom stereocenters. The molecule has 0 spiro atoms. The Hall–Kier alpha value is 1.51. The van der Waals surface area contributed by atoms with Crippen LogP contribution in [0.5, 0.6) is 0 Å². The average molecular weight is 332 g/mol. The molecule has 7 heteroatoms. The van der Waals surface area contributed by atoms with Crippen LogP contribution in [-0.2, 0) is 15.5 Å². The first-order valence-electron chi connectivity index (χ1n) is 1.27. The predicted molar refractivity (Wildman–Crippen MR) is 39.5 cm³/mol. The van der Waals surface area contributed by atoms with Gasteiger partial charge in [0.15, 0.2) is 0 Å². The molecule has 0 N–H and O–H groups in total. The fraction of sp³-hybridized carbons (Fsp3) is 1.00. The van der Waals surface area contributed by atoms with E-state index in [2.05, 4.69) is 52.0 Å². The monoisotopic (exact) mass is 329 g/mol. The Morgan fingerprint density at radius 2 is 1.88 bits per heavy atom. The van der Waals surface area contributed by atoms with Crippen LogP contribution in [0.3, 0.4) is 0 Å². The molecule has 8 heavy (non-hydrogen) atoms. The summed E-state index contributed by atoms with van der Waals surface area (Å²) < 4.78 is 22.4. The number of hydrogen-bond donors (Lipinski definition) is 0. The van der Waals surface area contributed by atoms with Gasteiger partial charge in [-0.25, -0.2) is 4.21 Å². The SMILES string of the molecule is O=S([O-])OC(Br)(Br)Br. The lowest BCUT2D eigenvalue weighted by molar-refractivity contribution is 0.329. The second-order valence-electron chi connectivity index (χ2n) is 0.733. The Labute approximate surface area is 74.0 Å². The third-order valence-electron chi connectivity index (χ3n) is 0.163. The summed E-state index contributed by atoms with van der Waals surface area (Å²) in [7, 11) is 0. The third-order valence-corrected chi connectivity index (χ3v) is 1.68. The lowest BCUT2D eigenvalue weighted by Gasteiger charge is -2.13. The molecule has 0 aliphatic heterocycles. The van der Waals surface area contributed by atoms with Crippen LogP contribution in [-0.4, -0.2) is 11.1 Å². The highest BCUT2D eigenvalue weighted by atomic mass is 80.0. The van der Waals surface area contributed by atoms with Crippen molar-refractivity contribution in [2.45, 2.75) is 2.33 Å². The zero-order chi connectivity index (χ0) is 6.78. The van der Waals surface area contributed by atoms with E-state index < -0.39 is 13.7 Å². The van der Waals surface area contributed by atoms with Gasteiger partial charge >= 0.3 is 0 Å². The standard InChI is InChI=1S/CHBr3O3S/c2-1(3,4)7-8(5)6/h(H,5,6)/p-1. The van der Waals surface area contributed by atoms with Gasteiger partial charge in [-0.2, -0.15) is 0 Å². The smallest absolute Gasteiger partial charge is 0.247 e. The fourth-order valence-electron chi connectivity index (χ4n) is 0.0772. The topological polar surface area (TPSA) is 49.4 Å². The van der Waals surface area contributed by atoms with Crippen LogP contribution < -0.4 is 0 Å². The quantitative estimate of drug-likeness (QED) is 0.541. The fourth-order valence-corrected chi connectivity index (χ4v) is 1.20. The number of hydrogen-bond acceptors (Lipinski definition) is 3. The number of rotatable bonds is 1. The van der Waals surface area contributed by atoms with Crippen molar-refractivity contribution in [2.75, 3.05) is 0 Å². The van der Waals surface area contributed by atoms with Gasteiger partial charge in [-0.15, -0.1) is 0 Å². The summed E-state index contributed by atoms with van der Waals surface area (Å²) in [6.45, 7) is 0. The molecule has 0 aromatic rings. The Balaban J connectivity index is 3.55. The van der Waals surface area contributed by atoms with E-state index in [1.165, 1.54) is 0 Å². The Morgan fingerprint density at radius 1 is 1.50 bits per heavy atom. The molecule has 0 rings (SSSR count). The molecule has 3 nitrogen and oxygen atoms in total. The normalized spacial score (nSPS) is 16.0. The molecule has 1 unspecified atom stereocenters. The molecule has 0 saturated carbocycles. The van der Waals surface area contributed by atoms with Gasteiger partial charge in [0.05, 0.1) is 11.4 Å². The van der Waals surface area contributed by atoms with Crippen LogP contribution in [0.4, 0.5) is 0 Å². The van der Waals surface area contributed by atoms with E-state index in [4.69, 9.17) is 0 Å². The molecule has 0 aliphatic carbocycles. The maximum Gasteiger partial charge on any atom is 0.247 e. The van der Waals surface area contributed by atoms with Crippen molar-refractivity contribution in [3.8, 4) is 0 Å². The highest BCUT2D eigenvalue weighted by Gasteiger charge is 2.18.